The summed E-state index contributed by atoms with van der Waals surface area (Å²) in [5.74, 6) is -1.21. The van der Waals surface area contributed by atoms with Gasteiger partial charge in [-0.05, 0) is 25.1 Å². The molecule has 0 fully saturated rings. The van der Waals surface area contributed by atoms with E-state index >= 15 is 0 Å². The Morgan fingerprint density at radius 3 is 2.71 bits per heavy atom. The summed E-state index contributed by atoms with van der Waals surface area (Å²) < 4.78 is 52.2. The van der Waals surface area contributed by atoms with Gasteiger partial charge in [0.1, 0.15) is 18.9 Å². The number of halogens is 4. The Hall–Kier alpha value is -3.82. The minimum atomic E-state index is -5.02. The van der Waals surface area contributed by atoms with Crippen molar-refractivity contribution < 1.29 is 32.5 Å². The van der Waals surface area contributed by atoms with Crippen LogP contribution in [0.5, 0.6) is 17.2 Å². The van der Waals surface area contributed by atoms with Crippen LogP contribution in [0, 0.1) is 23.5 Å². The summed E-state index contributed by atoms with van der Waals surface area (Å²) in [4.78, 5) is 16.3. The highest BCUT2D eigenvalue weighted by atomic mass is 35.5. The molecule has 1 N–H and O–H groups in total. The van der Waals surface area contributed by atoms with Crippen LogP contribution in [0.25, 0.3) is 0 Å². The van der Waals surface area contributed by atoms with Gasteiger partial charge in [-0.3, -0.25) is 9.36 Å². The highest BCUT2D eigenvalue weighted by Gasteiger charge is 2.39. The SMILES string of the molecule is Cc1cc(Cn2cnc(C(F)(F)F)c(Oc3cc(Cl)cc(C#N)c3)c2=O)[n+]([O-])cc1OCCO. The normalized spacial score (nSPS) is 11.2. The molecule has 13 heteroatoms. The third-order valence-corrected chi connectivity index (χ3v) is 4.67. The molecular formula is C21H16ClF3N4O5. The van der Waals surface area contributed by atoms with Crippen LogP contribution in [0.1, 0.15) is 22.5 Å². The number of rotatable bonds is 7. The van der Waals surface area contributed by atoms with Crippen molar-refractivity contribution in [3.63, 3.8) is 0 Å². The van der Waals surface area contributed by atoms with Gasteiger partial charge in [-0.25, -0.2) is 4.98 Å². The maximum atomic E-state index is 13.5. The van der Waals surface area contributed by atoms with E-state index in [4.69, 9.17) is 31.4 Å². The Bertz CT molecular complexity index is 1320. The number of nitrogens with zero attached hydrogens (tertiary/aromatic N) is 4. The predicted octanol–water partition coefficient (Wildman–Crippen LogP) is 2.94. The molecule has 178 valence electrons. The molecule has 3 rings (SSSR count). The van der Waals surface area contributed by atoms with E-state index in [1.54, 1.807) is 13.0 Å². The summed E-state index contributed by atoms with van der Waals surface area (Å²) in [6.07, 6.45) is -3.29. The average molecular weight is 497 g/mol. The standard InChI is InChI=1S/C21H16ClF3N4O5/c1-12-4-15(29(32)10-17(12)33-3-2-30)9-28-11-27-19(21(23,24)25)18(20(28)31)34-16-6-13(8-26)5-14(22)7-16/h4-7,10-11,30H,2-3,9H2,1H3. The van der Waals surface area contributed by atoms with Gasteiger partial charge in [0.25, 0.3) is 5.56 Å². The Morgan fingerprint density at radius 1 is 1.32 bits per heavy atom. The van der Waals surface area contributed by atoms with E-state index in [1.165, 1.54) is 12.1 Å². The lowest BCUT2D eigenvalue weighted by molar-refractivity contribution is -0.614. The smallest absolute Gasteiger partial charge is 0.437 e. The molecule has 0 aliphatic rings. The van der Waals surface area contributed by atoms with E-state index in [-0.39, 0.29) is 41.0 Å². The molecule has 0 atom stereocenters. The van der Waals surface area contributed by atoms with Gasteiger partial charge < -0.3 is 19.8 Å². The number of aryl methyl sites for hydroxylation is 1. The molecule has 0 radical (unpaired) electrons. The van der Waals surface area contributed by atoms with Crippen molar-refractivity contribution in [2.75, 3.05) is 13.2 Å². The van der Waals surface area contributed by atoms with Crippen LogP contribution in [-0.4, -0.2) is 27.9 Å². The zero-order chi connectivity index (χ0) is 25.0. The van der Waals surface area contributed by atoms with E-state index in [0.29, 0.717) is 16.6 Å². The number of ether oxygens (including phenoxy) is 2. The monoisotopic (exact) mass is 496 g/mol. The molecule has 0 bridgehead atoms. The van der Waals surface area contributed by atoms with Crippen LogP contribution >= 0.6 is 11.6 Å². The molecule has 1 aromatic carbocycles. The van der Waals surface area contributed by atoms with Crippen LogP contribution in [0.2, 0.25) is 5.02 Å². The van der Waals surface area contributed by atoms with Crippen molar-refractivity contribution in [1.29, 1.82) is 5.26 Å². The van der Waals surface area contributed by atoms with E-state index in [2.05, 4.69) is 4.98 Å². The zero-order valence-electron chi connectivity index (χ0n) is 17.5. The number of aromatic nitrogens is 3. The summed E-state index contributed by atoms with van der Waals surface area (Å²) in [7, 11) is 0. The fourth-order valence-electron chi connectivity index (χ4n) is 2.95. The van der Waals surface area contributed by atoms with Crippen molar-refractivity contribution in [1.82, 2.24) is 9.55 Å². The summed E-state index contributed by atoms with van der Waals surface area (Å²) in [6.45, 7) is 0.881. The lowest BCUT2D eigenvalue weighted by Crippen LogP contribution is -2.36. The zero-order valence-corrected chi connectivity index (χ0v) is 18.2. The van der Waals surface area contributed by atoms with Crippen molar-refractivity contribution in [3.8, 4) is 23.3 Å². The van der Waals surface area contributed by atoms with E-state index in [9.17, 15) is 23.2 Å². The number of aliphatic hydroxyl groups excluding tert-OH is 1. The molecule has 2 aromatic heterocycles. The number of benzene rings is 1. The van der Waals surface area contributed by atoms with Crippen molar-refractivity contribution >= 4 is 11.6 Å². The molecular weight excluding hydrogens is 481 g/mol. The summed E-state index contributed by atoms with van der Waals surface area (Å²) in [5, 5.41) is 30.3. The fraction of sp³-hybridized carbons (Fsp3) is 0.238. The Kier molecular flexibility index (Phi) is 7.29. The third-order valence-electron chi connectivity index (χ3n) is 4.46. The predicted molar refractivity (Wildman–Crippen MR) is 112 cm³/mol. The van der Waals surface area contributed by atoms with Gasteiger partial charge in [0.2, 0.25) is 17.6 Å². The van der Waals surface area contributed by atoms with Crippen LogP contribution in [-0.2, 0) is 12.7 Å². The minimum Gasteiger partial charge on any atom is -0.618 e. The molecule has 2 heterocycles. The number of alkyl halides is 3. The average Bonchev–Trinajstić information content (AvgIpc) is 2.76. The Balaban J connectivity index is 2.05. The second-order valence-electron chi connectivity index (χ2n) is 6.95. The van der Waals surface area contributed by atoms with Gasteiger partial charge in [-0.2, -0.15) is 23.2 Å². The number of pyridine rings is 1. The van der Waals surface area contributed by atoms with Gasteiger partial charge in [0, 0.05) is 16.7 Å². The second-order valence-corrected chi connectivity index (χ2v) is 7.39. The number of aliphatic hydroxyl groups is 1. The third kappa shape index (κ3) is 5.56. The Labute approximate surface area is 195 Å². The van der Waals surface area contributed by atoms with E-state index < -0.39 is 29.7 Å². The first-order valence-electron chi connectivity index (χ1n) is 9.55. The van der Waals surface area contributed by atoms with Crippen LogP contribution < -0.4 is 19.8 Å². The van der Waals surface area contributed by atoms with E-state index in [0.717, 1.165) is 22.9 Å². The lowest BCUT2D eigenvalue weighted by atomic mass is 10.2. The topological polar surface area (TPSA) is 124 Å². The van der Waals surface area contributed by atoms with Crippen LogP contribution in [0.4, 0.5) is 13.2 Å². The fourth-order valence-corrected chi connectivity index (χ4v) is 3.18. The molecule has 3 aromatic rings. The van der Waals surface area contributed by atoms with Gasteiger partial charge >= 0.3 is 6.18 Å². The lowest BCUT2D eigenvalue weighted by Gasteiger charge is -2.15. The molecule has 0 aliphatic heterocycles. The second kappa shape index (κ2) is 9.98. The molecule has 0 spiro atoms. The minimum absolute atomic E-state index is 0.00616. The quantitative estimate of drug-likeness (QED) is 0.394. The number of hydrogen-bond acceptors (Lipinski definition) is 7. The van der Waals surface area contributed by atoms with Gasteiger partial charge in [-0.1, -0.05) is 11.6 Å². The van der Waals surface area contributed by atoms with Gasteiger partial charge in [0.15, 0.2) is 11.4 Å². The number of hydrogen-bond donors (Lipinski definition) is 1. The summed E-state index contributed by atoms with van der Waals surface area (Å²) in [5.41, 5.74) is -2.27. The Morgan fingerprint density at radius 2 is 2.06 bits per heavy atom. The van der Waals surface area contributed by atoms with Crippen molar-refractivity contribution in [2.24, 2.45) is 0 Å². The first-order chi connectivity index (χ1) is 16.0. The molecule has 9 nitrogen and oxygen atoms in total. The number of nitriles is 1. The van der Waals surface area contributed by atoms with Gasteiger partial charge in [-0.15, -0.1) is 0 Å². The van der Waals surface area contributed by atoms with E-state index in [1.807, 2.05) is 0 Å². The highest BCUT2D eigenvalue weighted by molar-refractivity contribution is 6.30. The van der Waals surface area contributed by atoms with Crippen LogP contribution in [0.3, 0.4) is 0 Å². The first kappa shape index (κ1) is 24.8. The van der Waals surface area contributed by atoms with Crippen LogP contribution in [0.15, 0.2) is 41.6 Å². The molecule has 0 saturated heterocycles. The van der Waals surface area contributed by atoms with Crippen molar-refractivity contribution in [3.05, 3.63) is 79.9 Å². The first-order valence-corrected chi connectivity index (χ1v) is 9.92. The molecule has 0 saturated carbocycles. The highest BCUT2D eigenvalue weighted by Crippen LogP contribution is 2.35. The van der Waals surface area contributed by atoms with Gasteiger partial charge in [0.05, 0.1) is 24.6 Å². The molecule has 0 aliphatic carbocycles. The largest absolute Gasteiger partial charge is 0.618 e. The van der Waals surface area contributed by atoms with Crippen molar-refractivity contribution in [2.45, 2.75) is 19.6 Å². The maximum Gasteiger partial charge on any atom is 0.437 e. The molecule has 34 heavy (non-hydrogen) atoms. The molecule has 0 unspecified atom stereocenters. The maximum absolute atomic E-state index is 13.5. The summed E-state index contributed by atoms with van der Waals surface area (Å²) in [6, 6.07) is 6.69. The summed E-state index contributed by atoms with van der Waals surface area (Å²) >= 11 is 5.87. The molecule has 0 amide bonds.